The van der Waals surface area contributed by atoms with Gasteiger partial charge in [-0.1, -0.05) is 18.2 Å². The molecule has 1 aromatic heterocycles. The second-order valence-corrected chi connectivity index (χ2v) is 4.63. The Balaban J connectivity index is 2.51. The summed E-state index contributed by atoms with van der Waals surface area (Å²) in [7, 11) is 1.82. The van der Waals surface area contributed by atoms with Crippen LogP contribution in [0, 0.1) is 0 Å². The van der Waals surface area contributed by atoms with Crippen LogP contribution in [0.1, 0.15) is 5.56 Å². The summed E-state index contributed by atoms with van der Waals surface area (Å²) in [4.78, 5) is 10.8. The molecule has 0 spiro atoms. The van der Waals surface area contributed by atoms with E-state index in [1.165, 1.54) is 0 Å². The lowest BCUT2D eigenvalue weighted by molar-refractivity contribution is -0.138. The lowest BCUT2D eigenvalue weighted by Crippen LogP contribution is -2.32. The number of halogens is 1. The summed E-state index contributed by atoms with van der Waals surface area (Å²) in [6.07, 6.45) is 0.290. The van der Waals surface area contributed by atoms with Crippen molar-refractivity contribution in [2.75, 3.05) is 0 Å². The van der Waals surface area contributed by atoms with E-state index in [2.05, 4.69) is 21.0 Å². The van der Waals surface area contributed by atoms with E-state index >= 15 is 0 Å². The van der Waals surface area contributed by atoms with Gasteiger partial charge in [0.05, 0.1) is 5.52 Å². The second-order valence-electron chi connectivity index (χ2n) is 3.88. The number of fused-ring (bicyclic) bond motifs is 1. The molecule has 0 amide bonds. The molecule has 5 nitrogen and oxygen atoms in total. The standard InChI is InChI=1S/C11H12BrN3O2/c1-15-9-6(5-8(13)11(16)17)3-2-4-7(9)10(12)14-15/h2-4,8H,5,13H2,1H3,(H,16,17). The quantitative estimate of drug-likeness (QED) is 0.894. The van der Waals surface area contributed by atoms with Crippen LogP contribution in [0.4, 0.5) is 0 Å². The van der Waals surface area contributed by atoms with Crippen LogP contribution in [-0.2, 0) is 18.3 Å². The zero-order valence-electron chi connectivity index (χ0n) is 9.22. The molecule has 1 aromatic carbocycles. The number of benzene rings is 1. The maximum absolute atomic E-state index is 10.8. The SMILES string of the molecule is Cn1nc(Br)c2cccc(CC(N)C(=O)O)c21. The molecular formula is C11H12BrN3O2. The van der Waals surface area contributed by atoms with Crippen LogP contribution in [-0.4, -0.2) is 26.9 Å². The molecule has 1 unspecified atom stereocenters. The molecule has 1 heterocycles. The van der Waals surface area contributed by atoms with Gasteiger partial charge in [-0.2, -0.15) is 5.10 Å². The van der Waals surface area contributed by atoms with Gasteiger partial charge in [-0.05, 0) is 21.5 Å². The minimum absolute atomic E-state index is 0.290. The monoisotopic (exact) mass is 297 g/mol. The van der Waals surface area contributed by atoms with Gasteiger partial charge in [0.2, 0.25) is 0 Å². The van der Waals surface area contributed by atoms with Crippen molar-refractivity contribution in [1.29, 1.82) is 0 Å². The number of carboxylic acids is 1. The third kappa shape index (κ3) is 2.18. The van der Waals surface area contributed by atoms with Crippen LogP contribution in [0.5, 0.6) is 0 Å². The molecule has 0 saturated heterocycles. The molecule has 3 N–H and O–H groups in total. The summed E-state index contributed by atoms with van der Waals surface area (Å²) in [6.45, 7) is 0. The van der Waals surface area contributed by atoms with E-state index in [4.69, 9.17) is 10.8 Å². The smallest absolute Gasteiger partial charge is 0.320 e. The van der Waals surface area contributed by atoms with Crippen LogP contribution in [0.3, 0.4) is 0 Å². The van der Waals surface area contributed by atoms with Gasteiger partial charge in [-0.25, -0.2) is 0 Å². The van der Waals surface area contributed by atoms with Gasteiger partial charge in [0, 0.05) is 18.9 Å². The molecule has 0 bridgehead atoms. The van der Waals surface area contributed by atoms with Crippen LogP contribution >= 0.6 is 15.9 Å². The van der Waals surface area contributed by atoms with Crippen molar-refractivity contribution in [2.24, 2.45) is 12.8 Å². The van der Waals surface area contributed by atoms with Crippen molar-refractivity contribution in [3.05, 3.63) is 28.4 Å². The Labute approximate surface area is 106 Å². The van der Waals surface area contributed by atoms with E-state index in [0.717, 1.165) is 21.1 Å². The fourth-order valence-corrected chi connectivity index (χ4v) is 2.42. The highest BCUT2D eigenvalue weighted by molar-refractivity contribution is 9.10. The van der Waals surface area contributed by atoms with Gasteiger partial charge in [0.25, 0.3) is 0 Å². The Morgan fingerprint density at radius 3 is 3.00 bits per heavy atom. The average Bonchev–Trinajstić information content (AvgIpc) is 2.55. The van der Waals surface area contributed by atoms with Crippen LogP contribution < -0.4 is 5.73 Å². The predicted octanol–water partition coefficient (Wildman–Crippen LogP) is 1.29. The van der Waals surface area contributed by atoms with Crippen molar-refractivity contribution in [2.45, 2.75) is 12.5 Å². The number of hydrogen-bond acceptors (Lipinski definition) is 3. The third-order valence-electron chi connectivity index (χ3n) is 2.66. The second kappa shape index (κ2) is 4.46. The molecule has 0 radical (unpaired) electrons. The molecule has 2 aromatic rings. The van der Waals surface area contributed by atoms with Crippen molar-refractivity contribution in [3.8, 4) is 0 Å². The first-order valence-corrected chi connectivity index (χ1v) is 5.88. The highest BCUT2D eigenvalue weighted by Gasteiger charge is 2.16. The maximum atomic E-state index is 10.8. The fourth-order valence-electron chi connectivity index (χ4n) is 1.86. The average molecular weight is 298 g/mol. The predicted molar refractivity (Wildman–Crippen MR) is 67.7 cm³/mol. The molecule has 17 heavy (non-hydrogen) atoms. The Morgan fingerprint density at radius 1 is 1.65 bits per heavy atom. The number of nitrogens with two attached hydrogens (primary N) is 1. The van der Waals surface area contributed by atoms with Gasteiger partial charge in [0.1, 0.15) is 10.6 Å². The molecule has 0 aliphatic rings. The fraction of sp³-hybridized carbons (Fsp3) is 0.273. The Kier molecular flexibility index (Phi) is 3.17. The molecule has 2 rings (SSSR count). The van der Waals surface area contributed by atoms with Gasteiger partial charge in [0.15, 0.2) is 0 Å². The van der Waals surface area contributed by atoms with Crippen LogP contribution in [0.25, 0.3) is 10.9 Å². The number of hydrogen-bond donors (Lipinski definition) is 2. The van der Waals surface area contributed by atoms with E-state index in [1.54, 1.807) is 4.68 Å². The maximum Gasteiger partial charge on any atom is 0.320 e. The molecule has 6 heteroatoms. The first-order valence-electron chi connectivity index (χ1n) is 5.09. The van der Waals surface area contributed by atoms with Gasteiger partial charge >= 0.3 is 5.97 Å². The largest absolute Gasteiger partial charge is 0.480 e. The number of aliphatic carboxylic acids is 1. The lowest BCUT2D eigenvalue weighted by Gasteiger charge is -2.08. The van der Waals surface area contributed by atoms with Gasteiger partial charge < -0.3 is 10.8 Å². The molecule has 0 aliphatic carbocycles. The van der Waals surface area contributed by atoms with E-state index in [1.807, 2.05) is 25.2 Å². The Morgan fingerprint density at radius 2 is 2.35 bits per heavy atom. The first kappa shape index (κ1) is 12.1. The number of carboxylic acid groups (broad SMARTS) is 1. The van der Waals surface area contributed by atoms with E-state index < -0.39 is 12.0 Å². The molecule has 90 valence electrons. The summed E-state index contributed by atoms with van der Waals surface area (Å²) in [5.74, 6) is -0.997. The normalized spacial score (nSPS) is 12.9. The topological polar surface area (TPSA) is 81.1 Å². The minimum atomic E-state index is -0.997. The summed E-state index contributed by atoms with van der Waals surface area (Å²) < 4.78 is 2.48. The summed E-state index contributed by atoms with van der Waals surface area (Å²) >= 11 is 3.37. The van der Waals surface area contributed by atoms with Crippen molar-refractivity contribution >= 4 is 32.8 Å². The number of aromatic nitrogens is 2. The zero-order chi connectivity index (χ0) is 12.6. The van der Waals surface area contributed by atoms with E-state index in [0.29, 0.717) is 6.42 Å². The summed E-state index contributed by atoms with van der Waals surface area (Å²) in [5.41, 5.74) is 7.36. The lowest BCUT2D eigenvalue weighted by atomic mass is 10.0. The molecule has 1 atom stereocenters. The van der Waals surface area contributed by atoms with Crippen LogP contribution in [0.15, 0.2) is 22.8 Å². The molecule has 0 fully saturated rings. The van der Waals surface area contributed by atoms with E-state index in [-0.39, 0.29) is 0 Å². The number of nitrogens with zero attached hydrogens (tertiary/aromatic N) is 2. The van der Waals surface area contributed by atoms with Gasteiger partial charge in [-0.15, -0.1) is 0 Å². The van der Waals surface area contributed by atoms with Gasteiger partial charge in [-0.3, -0.25) is 9.48 Å². The highest BCUT2D eigenvalue weighted by Crippen LogP contribution is 2.26. The van der Waals surface area contributed by atoms with Crippen LogP contribution in [0.2, 0.25) is 0 Å². The Hall–Kier alpha value is -1.40. The highest BCUT2D eigenvalue weighted by atomic mass is 79.9. The molecule has 0 saturated carbocycles. The number of rotatable bonds is 3. The van der Waals surface area contributed by atoms with Crippen molar-refractivity contribution < 1.29 is 9.90 Å². The van der Waals surface area contributed by atoms with E-state index in [9.17, 15) is 4.79 Å². The Bertz CT molecular complexity index is 579. The summed E-state index contributed by atoms with van der Waals surface area (Å²) in [5, 5.41) is 14.0. The third-order valence-corrected chi connectivity index (χ3v) is 3.25. The van der Waals surface area contributed by atoms with Crippen molar-refractivity contribution in [1.82, 2.24) is 9.78 Å². The summed E-state index contributed by atoms with van der Waals surface area (Å²) in [6, 6.07) is 4.79. The number of carbonyl (C=O) groups is 1. The molecular weight excluding hydrogens is 286 g/mol. The first-order chi connectivity index (χ1) is 8.00. The van der Waals surface area contributed by atoms with Crippen molar-refractivity contribution in [3.63, 3.8) is 0 Å². The molecule has 0 aliphatic heterocycles. The minimum Gasteiger partial charge on any atom is -0.480 e. The number of para-hydroxylation sites is 1. The number of aryl methyl sites for hydroxylation is 1. The zero-order valence-corrected chi connectivity index (χ0v) is 10.8.